The van der Waals surface area contributed by atoms with Crippen LogP contribution in [-0.4, -0.2) is 32.3 Å². The number of carbonyl (C=O) groups excluding carboxylic acids is 1. The van der Waals surface area contributed by atoms with Gasteiger partial charge in [0, 0.05) is 25.1 Å². The first-order valence-electron chi connectivity index (χ1n) is 8.41. The highest BCUT2D eigenvalue weighted by atomic mass is 32.1. The van der Waals surface area contributed by atoms with Gasteiger partial charge in [-0.05, 0) is 42.8 Å². The van der Waals surface area contributed by atoms with Crippen LogP contribution in [0.2, 0.25) is 0 Å². The van der Waals surface area contributed by atoms with Crippen molar-refractivity contribution in [2.75, 3.05) is 6.54 Å². The van der Waals surface area contributed by atoms with E-state index in [2.05, 4.69) is 15.0 Å². The van der Waals surface area contributed by atoms with E-state index in [1.807, 2.05) is 40.6 Å². The molecule has 4 heterocycles. The van der Waals surface area contributed by atoms with Gasteiger partial charge in [0.2, 0.25) is 0 Å². The minimum absolute atomic E-state index is 0.0203. The topological polar surface area (TPSA) is 59.0 Å². The number of carbonyl (C=O) groups is 1. The summed E-state index contributed by atoms with van der Waals surface area (Å²) in [5, 5.41) is 1.99. The summed E-state index contributed by atoms with van der Waals surface area (Å²) in [7, 11) is 0. The maximum Gasteiger partial charge on any atom is 0.257 e. The van der Waals surface area contributed by atoms with Crippen molar-refractivity contribution >= 4 is 17.2 Å². The average molecular weight is 350 g/mol. The van der Waals surface area contributed by atoms with Gasteiger partial charge in [-0.1, -0.05) is 12.1 Å². The Kier molecular flexibility index (Phi) is 4.52. The predicted octanol–water partition coefficient (Wildman–Crippen LogP) is 3.97. The molecule has 0 aromatic carbocycles. The third-order valence-corrected chi connectivity index (χ3v) is 5.30. The number of likely N-dealkylation sites (tertiary alicyclic amines) is 1. The summed E-state index contributed by atoms with van der Waals surface area (Å²) < 4.78 is 0. The lowest BCUT2D eigenvalue weighted by Gasteiger charge is -2.35. The first kappa shape index (κ1) is 15.9. The second-order valence-electron chi connectivity index (χ2n) is 6.04. The van der Waals surface area contributed by atoms with E-state index in [0.29, 0.717) is 11.4 Å². The summed E-state index contributed by atoms with van der Waals surface area (Å²) in [6, 6.07) is 9.83. The number of rotatable bonds is 3. The van der Waals surface area contributed by atoms with E-state index in [9.17, 15) is 4.79 Å². The van der Waals surface area contributed by atoms with Crippen LogP contribution in [0.15, 0.2) is 54.3 Å². The monoisotopic (exact) mass is 350 g/mol. The summed E-state index contributed by atoms with van der Waals surface area (Å²) in [6.45, 7) is 0.743. The van der Waals surface area contributed by atoms with Crippen LogP contribution in [0.1, 0.15) is 41.4 Å². The third-order valence-electron chi connectivity index (χ3n) is 4.43. The zero-order valence-corrected chi connectivity index (χ0v) is 14.5. The summed E-state index contributed by atoms with van der Waals surface area (Å²) >= 11 is 1.59. The van der Waals surface area contributed by atoms with Crippen molar-refractivity contribution in [3.63, 3.8) is 0 Å². The van der Waals surface area contributed by atoms with Gasteiger partial charge in [0.1, 0.15) is 0 Å². The van der Waals surface area contributed by atoms with E-state index in [1.165, 1.54) is 0 Å². The molecule has 5 nitrogen and oxygen atoms in total. The molecule has 0 aliphatic carbocycles. The van der Waals surface area contributed by atoms with Crippen molar-refractivity contribution in [2.24, 2.45) is 0 Å². The number of hydrogen-bond acceptors (Lipinski definition) is 5. The van der Waals surface area contributed by atoms with Crippen molar-refractivity contribution in [2.45, 2.75) is 25.3 Å². The highest BCUT2D eigenvalue weighted by Crippen LogP contribution is 2.31. The molecule has 1 aliphatic rings. The number of amides is 1. The molecule has 4 rings (SSSR count). The van der Waals surface area contributed by atoms with Crippen molar-refractivity contribution < 1.29 is 4.79 Å². The van der Waals surface area contributed by atoms with Gasteiger partial charge in [0.05, 0.1) is 22.2 Å². The molecule has 1 saturated heterocycles. The fraction of sp³-hybridized carbons (Fsp3) is 0.263. The molecule has 126 valence electrons. The number of thiophene rings is 1. The van der Waals surface area contributed by atoms with Crippen LogP contribution in [0.3, 0.4) is 0 Å². The lowest BCUT2D eigenvalue weighted by atomic mass is 9.98. The van der Waals surface area contributed by atoms with Crippen LogP contribution in [0, 0.1) is 0 Å². The summed E-state index contributed by atoms with van der Waals surface area (Å²) in [5.74, 6) is 0.638. The molecule has 1 atom stereocenters. The predicted molar refractivity (Wildman–Crippen MR) is 97.2 cm³/mol. The summed E-state index contributed by atoms with van der Waals surface area (Å²) in [5.41, 5.74) is 1.48. The van der Waals surface area contributed by atoms with Crippen molar-refractivity contribution in [1.82, 2.24) is 19.9 Å². The maximum atomic E-state index is 13.0. The van der Waals surface area contributed by atoms with E-state index < -0.39 is 0 Å². The van der Waals surface area contributed by atoms with Crippen molar-refractivity contribution in [1.29, 1.82) is 0 Å². The van der Waals surface area contributed by atoms with E-state index in [4.69, 9.17) is 0 Å². The Hall–Kier alpha value is -2.60. The van der Waals surface area contributed by atoms with E-state index in [-0.39, 0.29) is 11.9 Å². The molecular formula is C19H18N4OS. The number of piperidine rings is 1. The number of nitrogens with zero attached hydrogens (tertiary/aromatic N) is 4. The van der Waals surface area contributed by atoms with Crippen LogP contribution in [0.5, 0.6) is 0 Å². The van der Waals surface area contributed by atoms with Crippen LogP contribution < -0.4 is 0 Å². The standard InChI is InChI=1S/C19H18N4OS/c24-19(14-12-21-18(22-13-14)17-8-5-11-25-17)23-10-4-2-7-16(23)15-6-1-3-9-20-15/h1,3,5-6,8-9,11-13,16H,2,4,7,10H2/t16-/m0/s1. The Morgan fingerprint density at radius 1 is 1.08 bits per heavy atom. The Labute approximate surface area is 150 Å². The van der Waals surface area contributed by atoms with E-state index in [0.717, 1.165) is 36.4 Å². The molecule has 25 heavy (non-hydrogen) atoms. The molecule has 1 amide bonds. The SMILES string of the molecule is O=C(c1cnc(-c2cccs2)nc1)N1CCCC[C@H]1c1ccccn1. The second-order valence-corrected chi connectivity index (χ2v) is 6.99. The quantitative estimate of drug-likeness (QED) is 0.717. The zero-order chi connectivity index (χ0) is 17.1. The van der Waals surface area contributed by atoms with Gasteiger partial charge in [0.15, 0.2) is 5.82 Å². The van der Waals surface area contributed by atoms with Gasteiger partial charge in [-0.15, -0.1) is 11.3 Å². The molecule has 0 saturated carbocycles. The molecule has 3 aromatic rings. The summed E-state index contributed by atoms with van der Waals surface area (Å²) in [4.78, 5) is 29.1. The van der Waals surface area contributed by atoms with Gasteiger partial charge < -0.3 is 4.90 Å². The lowest BCUT2D eigenvalue weighted by Crippen LogP contribution is -2.39. The second kappa shape index (κ2) is 7.11. The number of aromatic nitrogens is 3. The van der Waals surface area contributed by atoms with Crippen LogP contribution in [-0.2, 0) is 0 Å². The van der Waals surface area contributed by atoms with Gasteiger partial charge in [-0.25, -0.2) is 9.97 Å². The molecule has 0 unspecified atom stereocenters. The van der Waals surface area contributed by atoms with E-state index in [1.54, 1.807) is 29.9 Å². The Balaban J connectivity index is 1.58. The molecule has 3 aromatic heterocycles. The normalized spacial score (nSPS) is 17.4. The van der Waals surface area contributed by atoms with Crippen LogP contribution in [0.4, 0.5) is 0 Å². The smallest absolute Gasteiger partial charge is 0.257 e. The van der Waals surface area contributed by atoms with Crippen molar-refractivity contribution in [3.05, 3.63) is 65.6 Å². The summed E-state index contributed by atoms with van der Waals surface area (Å²) in [6.07, 6.45) is 8.12. The largest absolute Gasteiger partial charge is 0.330 e. The number of pyridine rings is 1. The molecule has 6 heteroatoms. The number of hydrogen-bond donors (Lipinski definition) is 0. The minimum Gasteiger partial charge on any atom is -0.330 e. The first-order chi connectivity index (χ1) is 12.3. The Morgan fingerprint density at radius 3 is 2.68 bits per heavy atom. The Bertz CT molecular complexity index is 834. The molecule has 0 N–H and O–H groups in total. The lowest BCUT2D eigenvalue weighted by molar-refractivity contribution is 0.0605. The van der Waals surface area contributed by atoms with Gasteiger partial charge >= 0.3 is 0 Å². The molecule has 1 aliphatic heterocycles. The van der Waals surface area contributed by atoms with Crippen LogP contribution >= 0.6 is 11.3 Å². The van der Waals surface area contributed by atoms with Gasteiger partial charge in [-0.3, -0.25) is 9.78 Å². The van der Waals surface area contributed by atoms with Crippen LogP contribution in [0.25, 0.3) is 10.7 Å². The molecule has 0 radical (unpaired) electrons. The highest BCUT2D eigenvalue weighted by molar-refractivity contribution is 7.13. The highest BCUT2D eigenvalue weighted by Gasteiger charge is 2.29. The molecule has 1 fully saturated rings. The fourth-order valence-corrected chi connectivity index (χ4v) is 3.86. The minimum atomic E-state index is -0.0203. The Morgan fingerprint density at radius 2 is 1.96 bits per heavy atom. The average Bonchev–Trinajstić information content (AvgIpc) is 3.23. The molecular weight excluding hydrogens is 332 g/mol. The van der Waals surface area contributed by atoms with Gasteiger partial charge in [-0.2, -0.15) is 0 Å². The third kappa shape index (κ3) is 3.30. The van der Waals surface area contributed by atoms with E-state index >= 15 is 0 Å². The zero-order valence-electron chi connectivity index (χ0n) is 13.7. The molecule has 0 spiro atoms. The molecule has 0 bridgehead atoms. The van der Waals surface area contributed by atoms with Gasteiger partial charge in [0.25, 0.3) is 5.91 Å². The fourth-order valence-electron chi connectivity index (χ4n) is 3.19. The first-order valence-corrected chi connectivity index (χ1v) is 9.29. The maximum absolute atomic E-state index is 13.0. The van der Waals surface area contributed by atoms with Crippen molar-refractivity contribution in [3.8, 4) is 10.7 Å².